The molecule has 0 saturated carbocycles. The molecule has 160 valence electrons. The van der Waals surface area contributed by atoms with Crippen LogP contribution in [-0.4, -0.2) is 72.7 Å². The smallest absolute Gasteiger partial charge is 0.228 e. The number of nitrogens with zero attached hydrogens (tertiary/aromatic N) is 5. The van der Waals surface area contributed by atoms with Gasteiger partial charge in [-0.2, -0.15) is 0 Å². The van der Waals surface area contributed by atoms with E-state index in [4.69, 9.17) is 0 Å². The molecule has 1 N–H and O–H groups in total. The predicted molar refractivity (Wildman–Crippen MR) is 114 cm³/mol. The van der Waals surface area contributed by atoms with Gasteiger partial charge in [-0.15, -0.1) is 10.2 Å². The second-order valence-corrected chi connectivity index (χ2v) is 9.28. The third kappa shape index (κ3) is 5.25. The molecule has 0 bridgehead atoms. The molecule has 1 aromatic heterocycles. The number of hydrogen-bond donors (Lipinski definition) is 1. The molecule has 1 atom stereocenters. The highest BCUT2D eigenvalue weighted by atomic mass is 32.1. The van der Waals surface area contributed by atoms with Gasteiger partial charge < -0.3 is 15.1 Å². The SMILES string of the molecule is O=C(NCCCN1CCCCC1)[C@@H]1CCCN(c2nnc(N3CCCC3=O)s2)C1. The number of carbonyl (C=O) groups is 2. The van der Waals surface area contributed by atoms with Crippen LogP contribution in [0.25, 0.3) is 0 Å². The van der Waals surface area contributed by atoms with Crippen LogP contribution in [0.1, 0.15) is 51.4 Å². The lowest BCUT2D eigenvalue weighted by molar-refractivity contribution is -0.125. The Balaban J connectivity index is 1.23. The number of aromatic nitrogens is 2. The monoisotopic (exact) mass is 420 g/mol. The van der Waals surface area contributed by atoms with Crippen molar-refractivity contribution in [2.45, 2.75) is 51.4 Å². The third-order valence-electron chi connectivity index (χ3n) is 6.17. The Bertz CT molecular complexity index is 705. The lowest BCUT2D eigenvalue weighted by Gasteiger charge is -2.31. The summed E-state index contributed by atoms with van der Waals surface area (Å²) in [6.45, 7) is 6.56. The molecule has 9 heteroatoms. The molecule has 0 unspecified atom stereocenters. The van der Waals surface area contributed by atoms with Gasteiger partial charge in [0.2, 0.25) is 22.1 Å². The highest BCUT2D eigenvalue weighted by molar-refractivity contribution is 7.19. The van der Waals surface area contributed by atoms with Crippen LogP contribution in [0.2, 0.25) is 0 Å². The number of hydrogen-bond acceptors (Lipinski definition) is 7. The van der Waals surface area contributed by atoms with Gasteiger partial charge in [0.05, 0.1) is 5.92 Å². The maximum Gasteiger partial charge on any atom is 0.228 e. The summed E-state index contributed by atoms with van der Waals surface area (Å²) in [5.74, 6) is 0.292. The van der Waals surface area contributed by atoms with E-state index in [-0.39, 0.29) is 17.7 Å². The number of likely N-dealkylation sites (tertiary alicyclic amines) is 1. The standard InChI is InChI=1S/C20H32N6O2S/c27-17-8-5-14-26(17)20-23-22-19(29-20)25-13-4-7-16(15-25)18(28)21-9-6-12-24-10-2-1-3-11-24/h16H,1-15H2,(H,21,28)/t16-/m1/s1. The molecule has 3 aliphatic heterocycles. The molecular formula is C20H32N6O2S. The van der Waals surface area contributed by atoms with Crippen molar-refractivity contribution in [3.05, 3.63) is 0 Å². The largest absolute Gasteiger partial charge is 0.356 e. The number of rotatable bonds is 7. The molecule has 8 nitrogen and oxygen atoms in total. The Morgan fingerprint density at radius 3 is 2.66 bits per heavy atom. The minimum atomic E-state index is -0.000458. The minimum Gasteiger partial charge on any atom is -0.356 e. The summed E-state index contributed by atoms with van der Waals surface area (Å²) >= 11 is 1.46. The Labute approximate surface area is 176 Å². The van der Waals surface area contributed by atoms with Crippen LogP contribution in [0.4, 0.5) is 10.3 Å². The molecule has 3 aliphatic rings. The fraction of sp³-hybridized carbons (Fsp3) is 0.800. The molecule has 2 amide bonds. The number of carbonyl (C=O) groups excluding carboxylic acids is 2. The lowest BCUT2D eigenvalue weighted by atomic mass is 9.97. The van der Waals surface area contributed by atoms with Crippen molar-refractivity contribution in [3.63, 3.8) is 0 Å². The zero-order valence-electron chi connectivity index (χ0n) is 17.1. The first-order chi connectivity index (χ1) is 14.2. The first kappa shape index (κ1) is 20.5. The van der Waals surface area contributed by atoms with Crippen molar-refractivity contribution in [2.24, 2.45) is 5.92 Å². The average Bonchev–Trinajstić information content (AvgIpc) is 3.41. The Kier molecular flexibility index (Phi) is 6.97. The molecule has 0 spiro atoms. The van der Waals surface area contributed by atoms with E-state index in [0.717, 1.165) is 57.0 Å². The molecule has 0 aromatic carbocycles. The fourth-order valence-corrected chi connectivity index (χ4v) is 5.43. The first-order valence-electron chi connectivity index (χ1n) is 11.1. The van der Waals surface area contributed by atoms with Gasteiger partial charge in [-0.3, -0.25) is 14.5 Å². The van der Waals surface area contributed by atoms with Crippen LogP contribution in [0.3, 0.4) is 0 Å². The molecule has 3 saturated heterocycles. The Morgan fingerprint density at radius 2 is 1.86 bits per heavy atom. The van der Waals surface area contributed by atoms with E-state index in [1.165, 1.54) is 43.7 Å². The van der Waals surface area contributed by atoms with E-state index in [2.05, 4.69) is 25.3 Å². The topological polar surface area (TPSA) is 81.7 Å². The van der Waals surface area contributed by atoms with Gasteiger partial charge in [-0.05, 0) is 58.2 Å². The summed E-state index contributed by atoms with van der Waals surface area (Å²) in [6.07, 6.45) is 8.37. The second kappa shape index (κ2) is 9.84. The summed E-state index contributed by atoms with van der Waals surface area (Å²) in [5.41, 5.74) is 0. The van der Waals surface area contributed by atoms with Crippen LogP contribution >= 0.6 is 11.3 Å². The lowest BCUT2D eigenvalue weighted by Crippen LogP contribution is -2.43. The van der Waals surface area contributed by atoms with Crippen LogP contribution < -0.4 is 15.1 Å². The van der Waals surface area contributed by atoms with E-state index in [0.29, 0.717) is 18.1 Å². The number of piperidine rings is 2. The van der Waals surface area contributed by atoms with E-state index in [1.807, 2.05) is 0 Å². The summed E-state index contributed by atoms with van der Waals surface area (Å²) in [4.78, 5) is 31.0. The highest BCUT2D eigenvalue weighted by Crippen LogP contribution is 2.32. The van der Waals surface area contributed by atoms with Crippen LogP contribution in [0.5, 0.6) is 0 Å². The average molecular weight is 421 g/mol. The maximum absolute atomic E-state index is 12.6. The van der Waals surface area contributed by atoms with Gasteiger partial charge in [-0.1, -0.05) is 17.8 Å². The van der Waals surface area contributed by atoms with Crippen LogP contribution in [-0.2, 0) is 9.59 Å². The molecular weight excluding hydrogens is 388 g/mol. The number of anilines is 2. The second-order valence-electron chi connectivity index (χ2n) is 8.35. The number of nitrogens with one attached hydrogen (secondary N) is 1. The van der Waals surface area contributed by atoms with Crippen LogP contribution in [0.15, 0.2) is 0 Å². The van der Waals surface area contributed by atoms with Crippen LogP contribution in [0, 0.1) is 5.92 Å². The third-order valence-corrected chi connectivity index (χ3v) is 7.18. The minimum absolute atomic E-state index is 0.000458. The zero-order valence-corrected chi connectivity index (χ0v) is 18.0. The van der Waals surface area contributed by atoms with E-state index in [1.54, 1.807) is 4.90 Å². The molecule has 4 heterocycles. The fourth-order valence-electron chi connectivity index (χ4n) is 4.50. The molecule has 1 aromatic rings. The number of amides is 2. The summed E-state index contributed by atoms with van der Waals surface area (Å²) in [5, 5.41) is 13.2. The van der Waals surface area contributed by atoms with Gasteiger partial charge in [0.25, 0.3) is 0 Å². The summed E-state index contributed by atoms with van der Waals surface area (Å²) in [6, 6.07) is 0. The molecule has 0 radical (unpaired) electrons. The Morgan fingerprint density at radius 1 is 1.03 bits per heavy atom. The Hall–Kier alpha value is -1.74. The van der Waals surface area contributed by atoms with Gasteiger partial charge in [0.15, 0.2) is 0 Å². The summed E-state index contributed by atoms with van der Waals surface area (Å²) in [7, 11) is 0. The predicted octanol–water partition coefficient (Wildman–Crippen LogP) is 1.87. The molecule has 29 heavy (non-hydrogen) atoms. The first-order valence-corrected chi connectivity index (χ1v) is 11.9. The molecule has 3 fully saturated rings. The van der Waals surface area contributed by atoms with Crippen molar-refractivity contribution in [2.75, 3.05) is 55.6 Å². The zero-order chi connectivity index (χ0) is 20.1. The normalized spacial score (nSPS) is 23.6. The molecule has 0 aliphatic carbocycles. The van der Waals surface area contributed by atoms with Crippen molar-refractivity contribution in [3.8, 4) is 0 Å². The van der Waals surface area contributed by atoms with Crippen molar-refractivity contribution in [1.29, 1.82) is 0 Å². The van der Waals surface area contributed by atoms with Gasteiger partial charge in [0.1, 0.15) is 0 Å². The quantitative estimate of drug-likeness (QED) is 0.678. The van der Waals surface area contributed by atoms with E-state index < -0.39 is 0 Å². The van der Waals surface area contributed by atoms with Crippen molar-refractivity contribution < 1.29 is 9.59 Å². The highest BCUT2D eigenvalue weighted by Gasteiger charge is 2.30. The van der Waals surface area contributed by atoms with Crippen molar-refractivity contribution in [1.82, 2.24) is 20.4 Å². The maximum atomic E-state index is 12.6. The molecule has 4 rings (SSSR count). The van der Waals surface area contributed by atoms with Gasteiger partial charge >= 0.3 is 0 Å². The van der Waals surface area contributed by atoms with Crippen molar-refractivity contribution >= 4 is 33.4 Å². The van der Waals surface area contributed by atoms with Gasteiger partial charge in [-0.25, -0.2) is 0 Å². The van der Waals surface area contributed by atoms with Gasteiger partial charge in [0, 0.05) is 32.6 Å². The summed E-state index contributed by atoms with van der Waals surface area (Å²) < 4.78 is 0. The van der Waals surface area contributed by atoms with E-state index in [9.17, 15) is 9.59 Å². The van der Waals surface area contributed by atoms with E-state index >= 15 is 0 Å².